The number of nitrogens with zero attached hydrogens (tertiary/aromatic N) is 3. The van der Waals surface area contributed by atoms with Gasteiger partial charge >= 0.3 is 12.0 Å². The predicted molar refractivity (Wildman–Crippen MR) is 76.1 cm³/mol. The molecule has 0 saturated carbocycles. The summed E-state index contributed by atoms with van der Waals surface area (Å²) in [6.07, 6.45) is 1.86. The molecule has 1 aliphatic heterocycles. The molecule has 3 heterocycles. The molecule has 1 saturated heterocycles. The number of rotatable bonds is 7. The fourth-order valence-electron chi connectivity index (χ4n) is 2.09. The first kappa shape index (κ1) is 15.7. The van der Waals surface area contributed by atoms with Gasteiger partial charge in [0.15, 0.2) is 12.4 Å². The van der Waals surface area contributed by atoms with Crippen LogP contribution in [0.4, 0.5) is 4.79 Å². The van der Waals surface area contributed by atoms with Gasteiger partial charge in [-0.15, -0.1) is 10.2 Å². The van der Waals surface area contributed by atoms with Crippen molar-refractivity contribution in [3.63, 3.8) is 0 Å². The normalized spacial score (nSPS) is 14.1. The van der Waals surface area contributed by atoms with Crippen LogP contribution in [-0.4, -0.2) is 46.1 Å². The topological polar surface area (TPSA) is 128 Å². The average Bonchev–Trinajstić information content (AvgIpc) is 3.29. The number of carbonyl (C=O) groups excluding carboxylic acids is 3. The molecular formula is C14H14N4O6. The van der Waals surface area contributed by atoms with Crippen molar-refractivity contribution >= 4 is 17.9 Å². The summed E-state index contributed by atoms with van der Waals surface area (Å²) in [6.45, 7) is 0.0110. The molecule has 3 rings (SSSR count). The lowest BCUT2D eigenvalue weighted by Crippen LogP contribution is -2.32. The Labute approximate surface area is 135 Å². The minimum atomic E-state index is -0.486. The van der Waals surface area contributed by atoms with Crippen LogP contribution in [0.25, 0.3) is 11.7 Å². The van der Waals surface area contributed by atoms with E-state index in [2.05, 4.69) is 15.5 Å². The number of esters is 1. The Bertz CT molecular complexity index is 722. The molecule has 0 bridgehead atoms. The molecule has 10 heteroatoms. The maximum absolute atomic E-state index is 11.7. The van der Waals surface area contributed by atoms with Gasteiger partial charge in [0.1, 0.15) is 0 Å². The summed E-state index contributed by atoms with van der Waals surface area (Å²) in [5.41, 5.74) is 0. The number of urea groups is 1. The summed E-state index contributed by atoms with van der Waals surface area (Å²) in [5, 5.41) is 9.93. The van der Waals surface area contributed by atoms with Crippen LogP contribution in [0, 0.1) is 0 Å². The maximum atomic E-state index is 11.7. The van der Waals surface area contributed by atoms with Crippen molar-refractivity contribution in [2.75, 3.05) is 13.1 Å². The quantitative estimate of drug-likeness (QED) is 0.579. The van der Waals surface area contributed by atoms with E-state index in [0.29, 0.717) is 12.2 Å². The molecule has 1 aliphatic rings. The highest BCUT2D eigenvalue weighted by Crippen LogP contribution is 2.18. The molecule has 10 nitrogen and oxygen atoms in total. The first-order chi connectivity index (χ1) is 11.6. The van der Waals surface area contributed by atoms with Gasteiger partial charge in [0, 0.05) is 13.0 Å². The third-order valence-corrected chi connectivity index (χ3v) is 3.26. The minimum Gasteiger partial charge on any atom is -0.459 e. The second kappa shape index (κ2) is 6.94. The lowest BCUT2D eigenvalue weighted by Gasteiger charge is -2.11. The largest absolute Gasteiger partial charge is 0.459 e. The Morgan fingerprint density at radius 3 is 2.96 bits per heavy atom. The van der Waals surface area contributed by atoms with E-state index >= 15 is 0 Å². The van der Waals surface area contributed by atoms with Crippen molar-refractivity contribution in [2.45, 2.75) is 19.4 Å². The summed E-state index contributed by atoms with van der Waals surface area (Å²) in [6, 6.07) is 2.91. The SMILES string of the molecule is O=C(CCCN1C(=O)CNC1=O)OCc1nnc(-c2ccco2)o1. The van der Waals surface area contributed by atoms with Crippen molar-refractivity contribution in [1.82, 2.24) is 20.4 Å². The highest BCUT2D eigenvalue weighted by Gasteiger charge is 2.27. The van der Waals surface area contributed by atoms with E-state index in [1.54, 1.807) is 12.1 Å². The monoisotopic (exact) mass is 334 g/mol. The summed E-state index contributed by atoms with van der Waals surface area (Å²) in [5.74, 6) is -0.0217. The summed E-state index contributed by atoms with van der Waals surface area (Å²) < 4.78 is 15.4. The second-order valence-electron chi connectivity index (χ2n) is 4.95. The molecule has 0 atom stereocenters. The van der Waals surface area contributed by atoms with E-state index < -0.39 is 12.0 Å². The van der Waals surface area contributed by atoms with Gasteiger partial charge in [-0.3, -0.25) is 14.5 Å². The van der Waals surface area contributed by atoms with Gasteiger partial charge < -0.3 is 18.9 Å². The fourth-order valence-corrected chi connectivity index (χ4v) is 2.09. The van der Waals surface area contributed by atoms with E-state index in [0.717, 1.165) is 4.90 Å². The van der Waals surface area contributed by atoms with Crippen molar-refractivity contribution in [3.8, 4) is 11.7 Å². The lowest BCUT2D eigenvalue weighted by atomic mass is 10.3. The predicted octanol–water partition coefficient (Wildman–Crippen LogP) is 0.705. The lowest BCUT2D eigenvalue weighted by molar-refractivity contribution is -0.146. The van der Waals surface area contributed by atoms with Crippen LogP contribution in [0.15, 0.2) is 27.2 Å². The molecule has 126 valence electrons. The summed E-state index contributed by atoms with van der Waals surface area (Å²) >= 11 is 0. The smallest absolute Gasteiger partial charge is 0.324 e. The number of aromatic nitrogens is 2. The van der Waals surface area contributed by atoms with E-state index in [9.17, 15) is 14.4 Å². The Balaban J connectivity index is 1.40. The van der Waals surface area contributed by atoms with Crippen LogP contribution in [-0.2, 0) is 20.9 Å². The molecule has 0 aromatic carbocycles. The molecule has 3 amide bonds. The Hall–Kier alpha value is -3.17. The van der Waals surface area contributed by atoms with E-state index in [-0.39, 0.29) is 43.8 Å². The Morgan fingerprint density at radius 2 is 2.25 bits per heavy atom. The van der Waals surface area contributed by atoms with Gasteiger partial charge in [0.25, 0.3) is 11.8 Å². The summed E-state index contributed by atoms with van der Waals surface area (Å²) in [7, 11) is 0. The zero-order chi connectivity index (χ0) is 16.9. The molecule has 0 radical (unpaired) electrons. The van der Waals surface area contributed by atoms with Crippen LogP contribution in [0.3, 0.4) is 0 Å². The number of hydrogen-bond acceptors (Lipinski definition) is 8. The van der Waals surface area contributed by atoms with Gasteiger partial charge in [0.05, 0.1) is 12.8 Å². The van der Waals surface area contributed by atoms with Crippen molar-refractivity contribution in [3.05, 3.63) is 24.3 Å². The zero-order valence-corrected chi connectivity index (χ0v) is 12.6. The fraction of sp³-hybridized carbons (Fsp3) is 0.357. The van der Waals surface area contributed by atoms with E-state index in [4.69, 9.17) is 13.6 Å². The highest BCUT2D eigenvalue weighted by molar-refractivity contribution is 6.01. The van der Waals surface area contributed by atoms with Gasteiger partial charge in [-0.2, -0.15) is 0 Å². The van der Waals surface area contributed by atoms with E-state index in [1.165, 1.54) is 6.26 Å². The number of imide groups is 1. The third-order valence-electron chi connectivity index (χ3n) is 3.26. The van der Waals surface area contributed by atoms with Crippen LogP contribution in [0.5, 0.6) is 0 Å². The number of hydrogen-bond donors (Lipinski definition) is 1. The van der Waals surface area contributed by atoms with Gasteiger partial charge in [-0.25, -0.2) is 4.79 Å². The molecule has 0 spiro atoms. The Kier molecular flexibility index (Phi) is 4.54. The molecule has 0 unspecified atom stereocenters. The van der Waals surface area contributed by atoms with E-state index in [1.807, 2.05) is 0 Å². The molecule has 1 fully saturated rings. The van der Waals surface area contributed by atoms with Crippen molar-refractivity contribution in [2.24, 2.45) is 0 Å². The number of amides is 3. The van der Waals surface area contributed by atoms with Crippen molar-refractivity contribution in [1.29, 1.82) is 0 Å². The van der Waals surface area contributed by atoms with Gasteiger partial charge in [-0.05, 0) is 18.6 Å². The average molecular weight is 334 g/mol. The first-order valence-electron chi connectivity index (χ1n) is 7.23. The molecule has 2 aromatic heterocycles. The van der Waals surface area contributed by atoms with Gasteiger partial charge in [-0.1, -0.05) is 0 Å². The molecule has 0 aliphatic carbocycles. The molecule has 2 aromatic rings. The number of nitrogens with one attached hydrogen (secondary N) is 1. The second-order valence-corrected chi connectivity index (χ2v) is 4.95. The van der Waals surface area contributed by atoms with Crippen LogP contribution >= 0.6 is 0 Å². The number of carbonyl (C=O) groups is 3. The highest BCUT2D eigenvalue weighted by atomic mass is 16.5. The number of furan rings is 1. The third kappa shape index (κ3) is 3.59. The minimum absolute atomic E-state index is 0.00154. The Morgan fingerprint density at radius 1 is 1.38 bits per heavy atom. The molecule has 24 heavy (non-hydrogen) atoms. The summed E-state index contributed by atoms with van der Waals surface area (Å²) in [4.78, 5) is 35.4. The maximum Gasteiger partial charge on any atom is 0.324 e. The van der Waals surface area contributed by atoms with Crippen LogP contribution < -0.4 is 5.32 Å². The molecular weight excluding hydrogens is 320 g/mol. The van der Waals surface area contributed by atoms with Crippen LogP contribution in [0.2, 0.25) is 0 Å². The standard InChI is InChI=1S/C14H14N4O6/c19-11-7-15-14(21)18(11)5-1-4-12(20)23-8-10-16-17-13(24-10)9-3-2-6-22-9/h2-3,6H,1,4-5,7-8H2,(H,15,21). The van der Waals surface area contributed by atoms with Gasteiger partial charge in [0.2, 0.25) is 5.91 Å². The molecule has 1 N–H and O–H groups in total. The van der Waals surface area contributed by atoms with Crippen LogP contribution in [0.1, 0.15) is 18.7 Å². The van der Waals surface area contributed by atoms with Crippen molar-refractivity contribution < 1.29 is 28.0 Å². The number of ether oxygens (including phenoxy) is 1. The first-order valence-corrected chi connectivity index (χ1v) is 7.23. The zero-order valence-electron chi connectivity index (χ0n) is 12.6.